The number of halogens is 4. The number of hydrogen-bond donors (Lipinski definition) is 0. The molecule has 4 nitrogen and oxygen atoms in total. The summed E-state index contributed by atoms with van der Waals surface area (Å²) in [5.74, 6) is 0. The van der Waals surface area contributed by atoms with E-state index in [1.54, 1.807) is 24.8 Å². The zero-order valence-electron chi connectivity index (χ0n) is 23.5. The van der Waals surface area contributed by atoms with Crippen molar-refractivity contribution in [3.63, 3.8) is 0 Å². The Morgan fingerprint density at radius 2 is 1.00 bits per heavy atom. The predicted molar refractivity (Wildman–Crippen MR) is 177 cm³/mol. The molecule has 1 aliphatic heterocycles. The molecule has 1 saturated heterocycles. The fraction of sp³-hybridized carbons (Fsp3) is 0.258. The average Bonchev–Trinajstić information content (AvgIpc) is 3.29. The van der Waals surface area contributed by atoms with Gasteiger partial charge in [0.25, 0.3) is 0 Å². The van der Waals surface area contributed by atoms with Gasteiger partial charge in [-0.25, -0.2) is 0 Å². The average molecular weight is 794 g/mol. The standard InChI is InChI=1S/C21H26N2.2C5H4BrN.2ClH.Ru/c1-14-9-16(3)20(17(4)10-14)22-7-8-23(13-22)21-18(5)11-15(2)12-19(21)6;2*6-5-2-1-3-7-4-5;;;/h9-12H,7-8H2,1-6H3;2*1-4H;2*1H;/q;;;;;+2/p-2. The van der Waals surface area contributed by atoms with E-state index in [-0.39, 0.29) is 0 Å². The third-order valence-electron chi connectivity index (χ3n) is 6.16. The molecule has 214 valence electrons. The first-order chi connectivity index (χ1) is 19.0. The van der Waals surface area contributed by atoms with Gasteiger partial charge in [-0.15, -0.1) is 0 Å². The minimum absolute atomic E-state index is 0.914. The summed E-state index contributed by atoms with van der Waals surface area (Å²) < 4.78 is 3.15. The van der Waals surface area contributed by atoms with Crippen LogP contribution in [0.2, 0.25) is 0 Å². The van der Waals surface area contributed by atoms with Crippen LogP contribution in [0.15, 0.2) is 82.3 Å². The minimum atomic E-state index is -2.12. The fourth-order valence-corrected chi connectivity index (χ4v) is 8.69. The molecule has 0 atom stereocenters. The zero-order chi connectivity index (χ0) is 29.4. The van der Waals surface area contributed by atoms with Gasteiger partial charge >= 0.3 is 171 Å². The number of aromatic nitrogens is 2. The molecular formula is C31H34Br2Cl2N4Ru. The van der Waals surface area contributed by atoms with E-state index >= 15 is 0 Å². The van der Waals surface area contributed by atoms with Gasteiger partial charge < -0.3 is 0 Å². The topological polar surface area (TPSA) is 32.3 Å². The van der Waals surface area contributed by atoms with E-state index in [2.05, 4.69) is 117 Å². The van der Waals surface area contributed by atoms with Gasteiger partial charge in [0.2, 0.25) is 0 Å². The van der Waals surface area contributed by atoms with Crippen LogP contribution in [0.1, 0.15) is 33.4 Å². The Labute approximate surface area is 268 Å². The summed E-state index contributed by atoms with van der Waals surface area (Å²) in [5.41, 5.74) is 10.2. The molecule has 40 heavy (non-hydrogen) atoms. The molecule has 0 spiro atoms. The molecule has 0 unspecified atom stereocenters. The predicted octanol–water partition coefficient (Wildman–Crippen LogP) is 9.57. The van der Waals surface area contributed by atoms with Crippen molar-refractivity contribution < 1.29 is 13.5 Å². The van der Waals surface area contributed by atoms with Crippen LogP contribution in [-0.4, -0.2) is 27.4 Å². The molecule has 0 saturated carbocycles. The zero-order valence-corrected chi connectivity index (χ0v) is 29.9. The number of pyridine rings is 2. The molecule has 1 fully saturated rings. The van der Waals surface area contributed by atoms with Crippen molar-refractivity contribution in [3.05, 3.63) is 116 Å². The van der Waals surface area contributed by atoms with Crippen LogP contribution in [0.5, 0.6) is 0 Å². The SMILES string of the molecule is Brc1cccnc1.Brc1cccnc1.Cc1cc(C)c(N2CCN(c3c(C)cc(C)cc3C)[C]2=[Ru]([Cl])[Cl])c(C)c1. The Hall–Kier alpha value is -1.63. The van der Waals surface area contributed by atoms with Crippen molar-refractivity contribution in [1.82, 2.24) is 9.97 Å². The van der Waals surface area contributed by atoms with Gasteiger partial charge in [0.15, 0.2) is 0 Å². The van der Waals surface area contributed by atoms with Crippen LogP contribution in [0.4, 0.5) is 11.4 Å². The van der Waals surface area contributed by atoms with E-state index in [0.29, 0.717) is 0 Å². The van der Waals surface area contributed by atoms with Crippen molar-refractivity contribution >= 4 is 67.0 Å². The molecule has 4 aromatic rings. The molecule has 0 amide bonds. The van der Waals surface area contributed by atoms with Crippen LogP contribution in [-0.2, 0) is 13.5 Å². The first-order valence-electron chi connectivity index (χ1n) is 12.7. The number of hydrogen-bond acceptors (Lipinski definition) is 4. The Morgan fingerprint density at radius 3 is 1.23 bits per heavy atom. The van der Waals surface area contributed by atoms with Crippen molar-refractivity contribution in [2.75, 3.05) is 22.9 Å². The van der Waals surface area contributed by atoms with E-state index in [1.807, 2.05) is 24.3 Å². The Bertz CT molecular complexity index is 1310. The Balaban J connectivity index is 0.000000255. The van der Waals surface area contributed by atoms with E-state index in [9.17, 15) is 0 Å². The van der Waals surface area contributed by atoms with Crippen molar-refractivity contribution in [2.24, 2.45) is 0 Å². The molecule has 3 heterocycles. The van der Waals surface area contributed by atoms with Gasteiger partial charge in [0.1, 0.15) is 0 Å². The fourth-order valence-electron chi connectivity index (χ4n) is 4.95. The number of anilines is 2. The molecule has 1 aliphatic rings. The summed E-state index contributed by atoms with van der Waals surface area (Å²) in [6.45, 7) is 14.8. The van der Waals surface area contributed by atoms with Gasteiger partial charge in [-0.2, -0.15) is 0 Å². The second-order valence-electron chi connectivity index (χ2n) is 9.58. The van der Waals surface area contributed by atoms with Crippen LogP contribution in [0, 0.1) is 41.5 Å². The summed E-state index contributed by atoms with van der Waals surface area (Å²) in [7, 11) is 13.3. The van der Waals surface area contributed by atoms with Gasteiger partial charge in [0.05, 0.1) is 0 Å². The van der Waals surface area contributed by atoms with Gasteiger partial charge in [-0.1, -0.05) is 0 Å². The van der Waals surface area contributed by atoms with Crippen molar-refractivity contribution in [2.45, 2.75) is 41.5 Å². The molecule has 2 aromatic heterocycles. The molecule has 0 radical (unpaired) electrons. The monoisotopic (exact) mass is 792 g/mol. The summed E-state index contributed by atoms with van der Waals surface area (Å²) >= 11 is 4.38. The summed E-state index contributed by atoms with van der Waals surface area (Å²) in [5, 5.41) is 0. The van der Waals surface area contributed by atoms with Crippen LogP contribution < -0.4 is 9.80 Å². The van der Waals surface area contributed by atoms with Crippen LogP contribution >= 0.6 is 51.2 Å². The second-order valence-corrected chi connectivity index (χ2v) is 17.1. The molecule has 2 aromatic carbocycles. The van der Waals surface area contributed by atoms with E-state index in [0.717, 1.165) is 26.4 Å². The third-order valence-corrected chi connectivity index (χ3v) is 10.0. The number of nitrogens with zero attached hydrogens (tertiary/aromatic N) is 4. The van der Waals surface area contributed by atoms with Crippen LogP contribution in [0.25, 0.3) is 0 Å². The second kappa shape index (κ2) is 15.6. The third kappa shape index (κ3) is 8.93. The number of aryl methyl sites for hydroxylation is 6. The number of rotatable bonds is 2. The van der Waals surface area contributed by atoms with Crippen molar-refractivity contribution in [3.8, 4) is 0 Å². The molecule has 5 rings (SSSR count). The molecular weight excluding hydrogens is 760 g/mol. The molecule has 0 bridgehead atoms. The maximum atomic E-state index is 6.63. The maximum absolute atomic E-state index is 6.63. The van der Waals surface area contributed by atoms with Crippen LogP contribution in [0.3, 0.4) is 0 Å². The summed E-state index contributed by atoms with van der Waals surface area (Å²) in [6.07, 6.45) is 6.98. The molecule has 0 N–H and O–H groups in total. The van der Waals surface area contributed by atoms with E-state index < -0.39 is 13.5 Å². The Morgan fingerprint density at radius 1 is 0.650 bits per heavy atom. The normalized spacial score (nSPS) is 12.8. The summed E-state index contributed by atoms with van der Waals surface area (Å²) in [4.78, 5) is 12.4. The summed E-state index contributed by atoms with van der Waals surface area (Å²) in [6, 6.07) is 16.6. The molecule has 0 aliphatic carbocycles. The first kappa shape index (κ1) is 32.9. The van der Waals surface area contributed by atoms with E-state index in [1.165, 1.54) is 44.8 Å². The first-order valence-corrected chi connectivity index (χ1v) is 19.6. The van der Waals surface area contributed by atoms with Gasteiger partial charge in [-0.05, 0) is 56.1 Å². The van der Waals surface area contributed by atoms with Gasteiger partial charge in [-0.3, -0.25) is 9.97 Å². The van der Waals surface area contributed by atoms with E-state index in [4.69, 9.17) is 19.4 Å². The number of benzene rings is 2. The quantitative estimate of drug-likeness (QED) is 0.190. The molecule has 9 heteroatoms. The van der Waals surface area contributed by atoms with Crippen molar-refractivity contribution in [1.29, 1.82) is 0 Å². The Kier molecular flexibility index (Phi) is 12.8. The van der Waals surface area contributed by atoms with Gasteiger partial charge in [0, 0.05) is 33.7 Å².